The lowest BCUT2D eigenvalue weighted by atomic mass is 9.83. The van der Waals surface area contributed by atoms with E-state index in [0.717, 1.165) is 0 Å². The molecule has 0 saturated carbocycles. The number of para-hydroxylation sites is 1. The Morgan fingerprint density at radius 2 is 1.31 bits per heavy atom. The van der Waals surface area contributed by atoms with Crippen LogP contribution in [-0.2, 0) is 0 Å². The van der Waals surface area contributed by atoms with Crippen LogP contribution in [0.5, 0.6) is 0 Å². The molecule has 0 saturated heterocycles. The molecule has 0 bridgehead atoms. The molecule has 1 aliphatic heterocycles. The van der Waals surface area contributed by atoms with Gasteiger partial charge >= 0.3 is 6.18 Å². The van der Waals surface area contributed by atoms with E-state index in [1.165, 1.54) is 5.01 Å². The van der Waals surface area contributed by atoms with Gasteiger partial charge in [-0.3, -0.25) is 9.80 Å². The molecule has 0 amide bonds. The van der Waals surface area contributed by atoms with E-state index >= 15 is 0 Å². The first kappa shape index (κ1) is 18.9. The summed E-state index contributed by atoms with van der Waals surface area (Å²) >= 11 is 0. The monoisotopic (exact) mass is 394 g/mol. The minimum absolute atomic E-state index is 0.345. The molecule has 1 aliphatic rings. The number of hydrogen-bond acceptors (Lipinski definition) is 3. The van der Waals surface area contributed by atoms with Crippen molar-refractivity contribution >= 4 is 17.2 Å². The van der Waals surface area contributed by atoms with Crippen molar-refractivity contribution < 1.29 is 18.0 Å². The summed E-state index contributed by atoms with van der Waals surface area (Å²) < 4.78 is 41.9. The number of carbonyl (C=O) groups is 1. The quantitative estimate of drug-likeness (QED) is 0.551. The molecule has 0 radical (unpaired) electrons. The lowest BCUT2D eigenvalue weighted by molar-refractivity contribution is -0.0608. The summed E-state index contributed by atoms with van der Waals surface area (Å²) in [6, 6.07) is 24.0. The van der Waals surface area contributed by atoms with Crippen LogP contribution in [0.25, 0.3) is 0 Å². The fraction of sp³-hybridized carbons (Fsp3) is 0.130. The van der Waals surface area contributed by atoms with Crippen LogP contribution < -0.4 is 5.01 Å². The molecule has 29 heavy (non-hydrogen) atoms. The van der Waals surface area contributed by atoms with Crippen molar-refractivity contribution in [3.05, 3.63) is 102 Å². The first-order valence-corrected chi connectivity index (χ1v) is 9.11. The highest BCUT2D eigenvalue weighted by Gasteiger charge is 2.53. The molecule has 0 fully saturated rings. The Bertz CT molecular complexity index is 1020. The molecule has 1 heterocycles. The summed E-state index contributed by atoms with van der Waals surface area (Å²) in [6.07, 6.45) is -4.67. The number of benzene rings is 3. The van der Waals surface area contributed by atoms with Gasteiger partial charge in [-0.15, -0.1) is 0 Å². The van der Waals surface area contributed by atoms with Gasteiger partial charge in [0.25, 0.3) is 0 Å². The molecule has 6 heteroatoms. The van der Waals surface area contributed by atoms with Crippen LogP contribution in [0.15, 0.2) is 96.1 Å². The number of hydrogen-bond donors (Lipinski definition) is 0. The number of Topliss-reactive ketones (excluding diaryl/α,β-unsaturated/α-hetero) is 1. The van der Waals surface area contributed by atoms with Crippen LogP contribution in [0.4, 0.5) is 18.9 Å². The zero-order valence-corrected chi connectivity index (χ0v) is 15.3. The number of ketones is 1. The van der Waals surface area contributed by atoms with Gasteiger partial charge in [0, 0.05) is 5.56 Å². The van der Waals surface area contributed by atoms with Gasteiger partial charge in [-0.2, -0.15) is 18.3 Å². The summed E-state index contributed by atoms with van der Waals surface area (Å²) in [5.74, 6) is -1.64. The number of rotatable bonds is 4. The lowest BCUT2D eigenvalue weighted by Crippen LogP contribution is -2.41. The Morgan fingerprint density at radius 3 is 1.86 bits per heavy atom. The third-order valence-electron chi connectivity index (χ3n) is 4.89. The van der Waals surface area contributed by atoms with Gasteiger partial charge < -0.3 is 0 Å². The maximum absolute atomic E-state index is 14.0. The molecule has 3 nitrogen and oxygen atoms in total. The van der Waals surface area contributed by atoms with Gasteiger partial charge in [0.15, 0.2) is 11.5 Å². The summed E-state index contributed by atoms with van der Waals surface area (Å²) in [4.78, 5) is 13.4. The van der Waals surface area contributed by atoms with E-state index in [9.17, 15) is 18.0 Å². The van der Waals surface area contributed by atoms with Crippen LogP contribution in [-0.4, -0.2) is 23.7 Å². The van der Waals surface area contributed by atoms with Gasteiger partial charge in [0.2, 0.25) is 0 Å². The van der Waals surface area contributed by atoms with Crippen molar-refractivity contribution in [2.24, 2.45) is 5.10 Å². The average Bonchev–Trinajstić information content (AvgIpc) is 3.16. The standard InChI is InChI=1S/C23H17F3N2O/c24-23(25,26)22-19(16-10-4-1-5-11-16)20(21(29)17-12-6-2-7-13-17)28(27-22)18-14-8-3-9-15-18/h1-15,19-20H/t19-,20+/m1/s1. The Morgan fingerprint density at radius 1 is 0.793 bits per heavy atom. The van der Waals surface area contributed by atoms with E-state index in [0.29, 0.717) is 16.8 Å². The number of anilines is 1. The van der Waals surface area contributed by atoms with E-state index in [-0.39, 0.29) is 0 Å². The third kappa shape index (κ3) is 3.66. The largest absolute Gasteiger partial charge is 0.431 e. The molecule has 4 rings (SSSR count). The Kier molecular flexibility index (Phi) is 4.92. The van der Waals surface area contributed by atoms with Crippen LogP contribution in [0, 0.1) is 0 Å². The van der Waals surface area contributed by atoms with Crippen LogP contribution in [0.3, 0.4) is 0 Å². The minimum Gasteiger partial charge on any atom is -0.292 e. The third-order valence-corrected chi connectivity index (χ3v) is 4.89. The van der Waals surface area contributed by atoms with E-state index in [1.54, 1.807) is 91.0 Å². The smallest absolute Gasteiger partial charge is 0.292 e. The summed E-state index contributed by atoms with van der Waals surface area (Å²) in [5, 5.41) is 5.12. The molecule has 0 unspecified atom stereocenters. The van der Waals surface area contributed by atoms with Gasteiger partial charge in [0.05, 0.1) is 11.6 Å². The highest BCUT2D eigenvalue weighted by Crippen LogP contribution is 2.41. The van der Waals surface area contributed by atoms with E-state index in [2.05, 4.69) is 5.10 Å². The first-order valence-electron chi connectivity index (χ1n) is 9.11. The van der Waals surface area contributed by atoms with Gasteiger partial charge in [-0.05, 0) is 17.7 Å². The zero-order valence-electron chi connectivity index (χ0n) is 15.3. The second-order valence-electron chi connectivity index (χ2n) is 6.73. The van der Waals surface area contributed by atoms with Crippen molar-refractivity contribution in [1.29, 1.82) is 0 Å². The average molecular weight is 394 g/mol. The van der Waals surface area contributed by atoms with Crippen LogP contribution in [0.2, 0.25) is 0 Å². The summed E-state index contributed by atoms with van der Waals surface area (Å²) in [7, 11) is 0. The van der Waals surface area contributed by atoms with Crippen LogP contribution >= 0.6 is 0 Å². The van der Waals surface area contributed by atoms with Gasteiger partial charge in [-0.1, -0.05) is 78.9 Å². The second-order valence-corrected chi connectivity index (χ2v) is 6.73. The van der Waals surface area contributed by atoms with Crippen molar-refractivity contribution in [2.75, 3.05) is 5.01 Å². The normalized spacial score (nSPS) is 19.1. The predicted octanol–water partition coefficient (Wildman–Crippen LogP) is 5.46. The van der Waals surface area contributed by atoms with E-state index in [1.807, 2.05) is 0 Å². The minimum atomic E-state index is -4.67. The van der Waals surface area contributed by atoms with Gasteiger partial charge in [0.1, 0.15) is 6.04 Å². The summed E-state index contributed by atoms with van der Waals surface area (Å²) in [6.45, 7) is 0. The molecule has 0 aliphatic carbocycles. The number of halogens is 3. The van der Waals surface area contributed by atoms with E-state index < -0.39 is 29.6 Å². The Balaban J connectivity index is 1.89. The fourth-order valence-electron chi connectivity index (χ4n) is 3.60. The lowest BCUT2D eigenvalue weighted by Gasteiger charge is -2.27. The molecule has 0 spiro atoms. The SMILES string of the molecule is O=C(c1ccccc1)[C@@H]1[C@@H](c2ccccc2)C(C(F)(F)F)=NN1c1ccccc1. The topological polar surface area (TPSA) is 32.7 Å². The molecular formula is C23H17F3N2O. The highest BCUT2D eigenvalue weighted by molar-refractivity contribution is 6.11. The maximum atomic E-state index is 14.0. The maximum Gasteiger partial charge on any atom is 0.431 e. The Hall–Kier alpha value is -3.41. The van der Waals surface area contributed by atoms with Crippen molar-refractivity contribution in [2.45, 2.75) is 18.1 Å². The molecule has 3 aromatic carbocycles. The van der Waals surface area contributed by atoms with Crippen molar-refractivity contribution in [3.63, 3.8) is 0 Å². The summed E-state index contributed by atoms with van der Waals surface area (Å²) in [5.41, 5.74) is 0.207. The predicted molar refractivity (Wildman–Crippen MR) is 106 cm³/mol. The molecule has 0 N–H and O–H groups in total. The van der Waals surface area contributed by atoms with Crippen molar-refractivity contribution in [1.82, 2.24) is 0 Å². The molecule has 2 atom stereocenters. The van der Waals surface area contributed by atoms with Crippen LogP contribution in [0.1, 0.15) is 21.8 Å². The first-order chi connectivity index (χ1) is 14.0. The van der Waals surface area contributed by atoms with Crippen molar-refractivity contribution in [3.8, 4) is 0 Å². The van der Waals surface area contributed by atoms with Gasteiger partial charge in [-0.25, -0.2) is 0 Å². The fourth-order valence-corrected chi connectivity index (χ4v) is 3.60. The number of nitrogens with zero attached hydrogens (tertiary/aromatic N) is 2. The number of hydrazone groups is 1. The van der Waals surface area contributed by atoms with E-state index in [4.69, 9.17) is 0 Å². The highest BCUT2D eigenvalue weighted by atomic mass is 19.4. The molecule has 146 valence electrons. The number of alkyl halides is 3. The number of carbonyl (C=O) groups excluding carboxylic acids is 1. The molecule has 0 aromatic heterocycles. The molecular weight excluding hydrogens is 377 g/mol. The Labute approximate surface area is 166 Å². The second kappa shape index (κ2) is 7.54. The zero-order chi connectivity index (χ0) is 20.4. The molecule has 3 aromatic rings.